The molecule has 1 heterocycles. The Hall–Kier alpha value is -1.40. The zero-order chi connectivity index (χ0) is 14.7. The van der Waals surface area contributed by atoms with E-state index in [1.54, 1.807) is 0 Å². The van der Waals surface area contributed by atoms with E-state index < -0.39 is 0 Å². The summed E-state index contributed by atoms with van der Waals surface area (Å²) in [5, 5.41) is 3.52. The molecule has 108 valence electrons. The number of nitrogens with one attached hydrogen (secondary N) is 1. The molecule has 0 radical (unpaired) electrons. The van der Waals surface area contributed by atoms with Crippen molar-refractivity contribution < 1.29 is 4.42 Å². The van der Waals surface area contributed by atoms with Crippen LogP contribution >= 0.6 is 22.6 Å². The van der Waals surface area contributed by atoms with Crippen LogP contribution in [0.2, 0.25) is 0 Å². The summed E-state index contributed by atoms with van der Waals surface area (Å²) in [6.45, 7) is 3.03. The van der Waals surface area contributed by atoms with Gasteiger partial charge in [-0.25, -0.2) is 4.98 Å². The molecular formula is C17H17IN2O. The van der Waals surface area contributed by atoms with Crippen LogP contribution < -0.4 is 5.32 Å². The molecule has 2 aromatic carbocycles. The van der Waals surface area contributed by atoms with Crippen LogP contribution in [-0.4, -0.2) is 11.5 Å². The highest BCUT2D eigenvalue weighted by atomic mass is 127. The lowest BCUT2D eigenvalue weighted by Gasteiger charge is -2.17. The van der Waals surface area contributed by atoms with Crippen molar-refractivity contribution in [3.8, 4) is 0 Å². The second-order valence-electron chi connectivity index (χ2n) is 4.94. The molecule has 1 unspecified atom stereocenters. The average molecular weight is 392 g/mol. The third kappa shape index (κ3) is 3.44. The maximum atomic E-state index is 5.84. The van der Waals surface area contributed by atoms with Gasteiger partial charge in [0.05, 0.1) is 0 Å². The van der Waals surface area contributed by atoms with E-state index in [2.05, 4.69) is 64.1 Å². The summed E-state index contributed by atoms with van der Waals surface area (Å²) in [5.74, 6) is 0.779. The highest BCUT2D eigenvalue weighted by Gasteiger charge is 2.15. The maximum Gasteiger partial charge on any atom is 0.197 e. The molecule has 1 atom stereocenters. The molecule has 0 bridgehead atoms. The van der Waals surface area contributed by atoms with Gasteiger partial charge in [0.25, 0.3) is 0 Å². The minimum Gasteiger partial charge on any atom is -0.441 e. The molecule has 21 heavy (non-hydrogen) atoms. The topological polar surface area (TPSA) is 38.1 Å². The number of para-hydroxylation sites is 2. The van der Waals surface area contributed by atoms with Crippen LogP contribution in [0, 0.1) is 3.57 Å². The van der Waals surface area contributed by atoms with E-state index in [1.165, 1.54) is 9.13 Å². The van der Waals surface area contributed by atoms with Gasteiger partial charge < -0.3 is 9.73 Å². The molecule has 0 saturated heterocycles. The largest absolute Gasteiger partial charge is 0.441 e. The van der Waals surface area contributed by atoms with Gasteiger partial charge in [0.15, 0.2) is 11.5 Å². The van der Waals surface area contributed by atoms with Gasteiger partial charge in [-0.05, 0) is 59.0 Å². The van der Waals surface area contributed by atoms with Gasteiger partial charge in [-0.2, -0.15) is 0 Å². The van der Waals surface area contributed by atoms with E-state index in [0.29, 0.717) is 0 Å². The fourth-order valence-corrected chi connectivity index (χ4v) is 3.03. The van der Waals surface area contributed by atoms with Crippen LogP contribution in [0.25, 0.3) is 11.1 Å². The summed E-state index contributed by atoms with van der Waals surface area (Å²) in [6, 6.07) is 16.7. The minimum absolute atomic E-state index is 0.220. The maximum absolute atomic E-state index is 5.84. The molecule has 0 spiro atoms. The summed E-state index contributed by atoms with van der Waals surface area (Å²) in [5.41, 5.74) is 3.04. The van der Waals surface area contributed by atoms with Crippen LogP contribution in [0.1, 0.15) is 24.4 Å². The fraction of sp³-hybridized carbons (Fsp3) is 0.235. The van der Waals surface area contributed by atoms with Gasteiger partial charge in [-0.15, -0.1) is 0 Å². The third-order valence-electron chi connectivity index (χ3n) is 3.42. The second-order valence-corrected chi connectivity index (χ2v) is 6.19. The molecule has 3 aromatic rings. The molecule has 0 amide bonds. The third-order valence-corrected chi connectivity index (χ3v) is 4.09. The Morgan fingerprint density at radius 2 is 2.05 bits per heavy atom. The monoisotopic (exact) mass is 392 g/mol. The standard InChI is InChI=1S/C17H17IN2O/c1-2-19-15(12-6-5-7-13(18)10-12)11-17-20-14-8-3-4-9-16(14)21-17/h3-10,15,19H,2,11H2,1H3. The summed E-state index contributed by atoms with van der Waals surface area (Å²) >= 11 is 2.34. The summed E-state index contributed by atoms with van der Waals surface area (Å²) in [6.07, 6.45) is 0.753. The number of rotatable bonds is 5. The van der Waals surface area contributed by atoms with E-state index in [0.717, 1.165) is 30.0 Å². The van der Waals surface area contributed by atoms with Crippen LogP contribution in [0.3, 0.4) is 0 Å². The molecule has 1 N–H and O–H groups in total. The van der Waals surface area contributed by atoms with Crippen LogP contribution in [-0.2, 0) is 6.42 Å². The molecule has 0 aliphatic heterocycles. The van der Waals surface area contributed by atoms with E-state index in [4.69, 9.17) is 4.42 Å². The number of halogens is 1. The summed E-state index contributed by atoms with van der Waals surface area (Å²) < 4.78 is 7.08. The first-order chi connectivity index (χ1) is 10.3. The predicted molar refractivity (Wildman–Crippen MR) is 93.3 cm³/mol. The van der Waals surface area contributed by atoms with Crippen molar-refractivity contribution in [3.63, 3.8) is 0 Å². The van der Waals surface area contributed by atoms with Crippen LogP contribution in [0.4, 0.5) is 0 Å². The molecule has 3 rings (SSSR count). The average Bonchev–Trinajstić information content (AvgIpc) is 2.89. The number of likely N-dealkylation sites (N-methyl/N-ethyl adjacent to an activating group) is 1. The van der Waals surface area contributed by atoms with Crippen molar-refractivity contribution in [1.82, 2.24) is 10.3 Å². The van der Waals surface area contributed by atoms with Crippen molar-refractivity contribution in [2.75, 3.05) is 6.54 Å². The van der Waals surface area contributed by atoms with Gasteiger partial charge in [0, 0.05) is 16.0 Å². The van der Waals surface area contributed by atoms with E-state index >= 15 is 0 Å². The van der Waals surface area contributed by atoms with E-state index in [-0.39, 0.29) is 6.04 Å². The second kappa shape index (κ2) is 6.58. The quantitative estimate of drug-likeness (QED) is 0.657. The van der Waals surface area contributed by atoms with E-state index in [1.807, 2.05) is 24.3 Å². The molecular weight excluding hydrogens is 375 g/mol. The van der Waals surface area contributed by atoms with Crippen LogP contribution in [0.5, 0.6) is 0 Å². The normalized spacial score (nSPS) is 12.7. The Morgan fingerprint density at radius 1 is 1.19 bits per heavy atom. The number of hydrogen-bond acceptors (Lipinski definition) is 3. The first kappa shape index (κ1) is 14.5. The Balaban J connectivity index is 1.87. The lowest BCUT2D eigenvalue weighted by Crippen LogP contribution is -2.23. The smallest absolute Gasteiger partial charge is 0.197 e. The SMILES string of the molecule is CCNC(Cc1nc2ccccc2o1)c1cccc(I)c1. The van der Waals surface area contributed by atoms with Gasteiger partial charge in [0.1, 0.15) is 5.52 Å². The van der Waals surface area contributed by atoms with Crippen molar-refractivity contribution >= 4 is 33.7 Å². The number of hydrogen-bond donors (Lipinski definition) is 1. The highest BCUT2D eigenvalue weighted by Crippen LogP contribution is 2.22. The molecule has 0 aliphatic carbocycles. The lowest BCUT2D eigenvalue weighted by molar-refractivity contribution is 0.460. The van der Waals surface area contributed by atoms with Crippen molar-refractivity contribution in [2.45, 2.75) is 19.4 Å². The first-order valence-corrected chi connectivity index (χ1v) is 8.17. The number of benzene rings is 2. The lowest BCUT2D eigenvalue weighted by atomic mass is 10.0. The van der Waals surface area contributed by atoms with Gasteiger partial charge in [0.2, 0.25) is 0 Å². The number of nitrogens with zero attached hydrogens (tertiary/aromatic N) is 1. The first-order valence-electron chi connectivity index (χ1n) is 7.09. The predicted octanol–water partition coefficient (Wildman–Crippen LogP) is 4.33. The Bertz CT molecular complexity index is 705. The fourth-order valence-electron chi connectivity index (χ4n) is 2.46. The van der Waals surface area contributed by atoms with Gasteiger partial charge >= 0.3 is 0 Å². The van der Waals surface area contributed by atoms with Crippen molar-refractivity contribution in [2.24, 2.45) is 0 Å². The number of oxazole rings is 1. The molecule has 0 saturated carbocycles. The van der Waals surface area contributed by atoms with E-state index in [9.17, 15) is 0 Å². The highest BCUT2D eigenvalue weighted by molar-refractivity contribution is 14.1. The molecule has 3 nitrogen and oxygen atoms in total. The zero-order valence-electron chi connectivity index (χ0n) is 11.8. The van der Waals surface area contributed by atoms with Gasteiger partial charge in [-0.3, -0.25) is 0 Å². The minimum atomic E-state index is 0.220. The summed E-state index contributed by atoms with van der Waals surface area (Å²) in [7, 11) is 0. The van der Waals surface area contributed by atoms with Crippen molar-refractivity contribution in [1.29, 1.82) is 0 Å². The Labute approximate surface area is 137 Å². The Kier molecular flexibility index (Phi) is 4.55. The number of fused-ring (bicyclic) bond motifs is 1. The molecule has 0 fully saturated rings. The Morgan fingerprint density at radius 3 is 2.81 bits per heavy atom. The molecule has 0 aliphatic rings. The van der Waals surface area contributed by atoms with Crippen LogP contribution in [0.15, 0.2) is 52.9 Å². The number of aromatic nitrogens is 1. The summed E-state index contributed by atoms with van der Waals surface area (Å²) in [4.78, 5) is 4.57. The zero-order valence-corrected chi connectivity index (χ0v) is 14.0. The van der Waals surface area contributed by atoms with Gasteiger partial charge in [-0.1, -0.05) is 31.2 Å². The molecule has 4 heteroatoms. The van der Waals surface area contributed by atoms with Crippen molar-refractivity contribution in [3.05, 3.63) is 63.6 Å². The molecule has 1 aromatic heterocycles.